The van der Waals surface area contributed by atoms with E-state index in [0.717, 1.165) is 43.4 Å². The number of nitrogens with zero attached hydrogens (tertiary/aromatic N) is 6. The number of hydrogen-bond acceptors (Lipinski definition) is 6. The Hall–Kier alpha value is -2.48. The van der Waals surface area contributed by atoms with Crippen molar-refractivity contribution in [3.05, 3.63) is 35.5 Å². The van der Waals surface area contributed by atoms with Crippen LogP contribution in [0, 0.1) is 13.8 Å². The van der Waals surface area contributed by atoms with Crippen molar-refractivity contribution in [2.24, 2.45) is 0 Å². The van der Waals surface area contributed by atoms with Gasteiger partial charge in [0.15, 0.2) is 0 Å². The number of likely N-dealkylation sites (N-methyl/N-ethyl adjacent to an activating group) is 1. The first-order valence-electron chi connectivity index (χ1n) is 8.58. The zero-order valence-electron chi connectivity index (χ0n) is 15.1. The number of carbonyl (C=O) groups is 1. The molecule has 1 aliphatic rings. The van der Waals surface area contributed by atoms with Gasteiger partial charge in [0.2, 0.25) is 0 Å². The largest absolute Gasteiger partial charge is 0.354 e. The predicted molar refractivity (Wildman–Crippen MR) is 95.8 cm³/mol. The van der Waals surface area contributed by atoms with Crippen LogP contribution in [0.2, 0.25) is 0 Å². The van der Waals surface area contributed by atoms with Gasteiger partial charge in [0.25, 0.3) is 5.91 Å². The molecule has 0 saturated carbocycles. The summed E-state index contributed by atoms with van der Waals surface area (Å²) in [4.78, 5) is 25.3. The van der Waals surface area contributed by atoms with E-state index in [1.807, 2.05) is 24.6 Å². The van der Waals surface area contributed by atoms with Crippen LogP contribution in [0.15, 0.2) is 18.5 Å². The first-order chi connectivity index (χ1) is 12.0. The maximum absolute atomic E-state index is 12.4. The van der Waals surface area contributed by atoms with Crippen LogP contribution in [0.5, 0.6) is 0 Å². The highest BCUT2D eigenvalue weighted by molar-refractivity contribution is 5.92. The number of hydrogen-bond donors (Lipinski definition) is 1. The van der Waals surface area contributed by atoms with Crippen LogP contribution in [0.3, 0.4) is 0 Å². The van der Waals surface area contributed by atoms with E-state index < -0.39 is 0 Å². The topological polar surface area (TPSA) is 79.2 Å². The zero-order valence-corrected chi connectivity index (χ0v) is 15.1. The number of rotatable bonds is 5. The van der Waals surface area contributed by atoms with Crippen molar-refractivity contribution in [3.8, 4) is 0 Å². The number of aryl methyl sites for hydroxylation is 2. The molecule has 0 spiro atoms. The fourth-order valence-corrected chi connectivity index (χ4v) is 2.95. The van der Waals surface area contributed by atoms with Gasteiger partial charge >= 0.3 is 0 Å². The van der Waals surface area contributed by atoms with Crippen molar-refractivity contribution in [1.82, 2.24) is 30.0 Å². The molecular weight excluding hydrogens is 318 g/mol. The van der Waals surface area contributed by atoms with Gasteiger partial charge in [-0.2, -0.15) is 5.10 Å². The molecule has 0 aliphatic carbocycles. The highest BCUT2D eigenvalue weighted by Gasteiger charge is 2.17. The summed E-state index contributed by atoms with van der Waals surface area (Å²) in [6.07, 6.45) is 1.46. The third-order valence-electron chi connectivity index (χ3n) is 4.43. The lowest BCUT2D eigenvalue weighted by atomic mass is 10.3. The SMILES string of the molecule is Cc1cc(C)n(CCNC(=O)c2cc(N3CCN(C)CC3)ncn2)n1. The Morgan fingerprint density at radius 1 is 1.16 bits per heavy atom. The molecule has 1 saturated heterocycles. The van der Waals surface area contributed by atoms with E-state index in [-0.39, 0.29) is 5.91 Å². The molecule has 2 aromatic rings. The Labute approximate surface area is 147 Å². The van der Waals surface area contributed by atoms with E-state index in [9.17, 15) is 4.79 Å². The van der Waals surface area contributed by atoms with E-state index in [0.29, 0.717) is 18.8 Å². The zero-order chi connectivity index (χ0) is 17.8. The van der Waals surface area contributed by atoms with Crippen molar-refractivity contribution in [2.45, 2.75) is 20.4 Å². The molecule has 8 nitrogen and oxygen atoms in total. The summed E-state index contributed by atoms with van der Waals surface area (Å²) >= 11 is 0. The third kappa shape index (κ3) is 4.33. The summed E-state index contributed by atoms with van der Waals surface area (Å²) in [5.41, 5.74) is 2.47. The van der Waals surface area contributed by atoms with E-state index >= 15 is 0 Å². The number of piperazine rings is 1. The second-order valence-corrected chi connectivity index (χ2v) is 6.46. The number of anilines is 1. The minimum Gasteiger partial charge on any atom is -0.354 e. The minimum atomic E-state index is -0.181. The van der Waals surface area contributed by atoms with Crippen molar-refractivity contribution in [3.63, 3.8) is 0 Å². The number of amides is 1. The van der Waals surface area contributed by atoms with Gasteiger partial charge in [-0.15, -0.1) is 0 Å². The highest BCUT2D eigenvalue weighted by Crippen LogP contribution is 2.13. The summed E-state index contributed by atoms with van der Waals surface area (Å²) in [7, 11) is 2.11. The summed E-state index contributed by atoms with van der Waals surface area (Å²) in [5.74, 6) is 0.631. The smallest absolute Gasteiger partial charge is 0.270 e. The van der Waals surface area contributed by atoms with E-state index in [1.54, 1.807) is 6.07 Å². The second-order valence-electron chi connectivity index (χ2n) is 6.46. The van der Waals surface area contributed by atoms with E-state index in [1.165, 1.54) is 6.33 Å². The first kappa shape index (κ1) is 17.3. The molecule has 0 atom stereocenters. The van der Waals surface area contributed by atoms with Crippen LogP contribution in [0.1, 0.15) is 21.9 Å². The molecule has 1 aliphatic heterocycles. The molecular formula is C17H25N7O. The first-order valence-corrected chi connectivity index (χ1v) is 8.58. The molecule has 2 aromatic heterocycles. The maximum atomic E-state index is 12.4. The molecule has 134 valence electrons. The van der Waals surface area contributed by atoms with Gasteiger partial charge in [0.1, 0.15) is 17.8 Å². The second kappa shape index (κ2) is 7.60. The van der Waals surface area contributed by atoms with Gasteiger partial charge < -0.3 is 15.1 Å². The molecule has 8 heteroatoms. The highest BCUT2D eigenvalue weighted by atomic mass is 16.1. The van der Waals surface area contributed by atoms with Crippen molar-refractivity contribution in [1.29, 1.82) is 0 Å². The number of aromatic nitrogens is 4. The van der Waals surface area contributed by atoms with Crippen LogP contribution in [-0.2, 0) is 6.54 Å². The fraction of sp³-hybridized carbons (Fsp3) is 0.529. The Morgan fingerprint density at radius 3 is 2.60 bits per heavy atom. The molecule has 0 radical (unpaired) electrons. The normalized spacial score (nSPS) is 15.4. The molecule has 3 rings (SSSR count). The van der Waals surface area contributed by atoms with Crippen molar-refractivity contribution in [2.75, 3.05) is 44.7 Å². The molecule has 1 amide bonds. The average molecular weight is 343 g/mol. The number of carbonyl (C=O) groups excluding carboxylic acids is 1. The Balaban J connectivity index is 1.57. The molecule has 0 bridgehead atoms. The quantitative estimate of drug-likeness (QED) is 0.850. The summed E-state index contributed by atoms with van der Waals surface area (Å²) in [6.45, 7) is 8.93. The molecule has 3 heterocycles. The molecule has 1 N–H and O–H groups in total. The van der Waals surface area contributed by atoms with Crippen LogP contribution in [0.25, 0.3) is 0 Å². The molecule has 0 unspecified atom stereocenters. The van der Waals surface area contributed by atoms with Crippen molar-refractivity contribution < 1.29 is 4.79 Å². The van der Waals surface area contributed by atoms with Gasteiger partial charge in [-0.25, -0.2) is 9.97 Å². The minimum absolute atomic E-state index is 0.181. The summed E-state index contributed by atoms with van der Waals surface area (Å²) < 4.78 is 1.89. The van der Waals surface area contributed by atoms with E-state index in [4.69, 9.17) is 0 Å². The van der Waals surface area contributed by atoms with Gasteiger partial charge in [0.05, 0.1) is 12.2 Å². The van der Waals surface area contributed by atoms with Gasteiger partial charge in [0, 0.05) is 44.5 Å². The molecule has 0 aromatic carbocycles. The summed E-state index contributed by atoms with van der Waals surface area (Å²) in [5, 5.41) is 7.29. The lowest BCUT2D eigenvalue weighted by Gasteiger charge is -2.33. The number of nitrogens with one attached hydrogen (secondary N) is 1. The van der Waals surface area contributed by atoms with Gasteiger partial charge in [-0.05, 0) is 27.0 Å². The predicted octanol–water partition coefficient (Wildman–Crippen LogP) is 0.472. The van der Waals surface area contributed by atoms with Gasteiger partial charge in [-0.1, -0.05) is 0 Å². The molecule has 25 heavy (non-hydrogen) atoms. The monoisotopic (exact) mass is 343 g/mol. The third-order valence-corrected chi connectivity index (χ3v) is 4.43. The Morgan fingerprint density at radius 2 is 1.92 bits per heavy atom. The van der Waals surface area contributed by atoms with Crippen LogP contribution < -0.4 is 10.2 Å². The average Bonchev–Trinajstić information content (AvgIpc) is 2.93. The standard InChI is InChI=1S/C17H25N7O/c1-13-10-14(2)24(21-13)5-4-18-17(25)15-11-16(20-12-19-15)23-8-6-22(3)7-9-23/h10-12H,4-9H2,1-3H3,(H,18,25). The van der Waals surface area contributed by atoms with Gasteiger partial charge in [-0.3, -0.25) is 9.48 Å². The summed E-state index contributed by atoms with van der Waals surface area (Å²) in [6, 6.07) is 3.79. The van der Waals surface area contributed by atoms with Crippen LogP contribution in [0.4, 0.5) is 5.82 Å². The van der Waals surface area contributed by atoms with Crippen LogP contribution >= 0.6 is 0 Å². The Bertz CT molecular complexity index is 734. The fourth-order valence-electron chi connectivity index (χ4n) is 2.95. The lowest BCUT2D eigenvalue weighted by Crippen LogP contribution is -2.45. The lowest BCUT2D eigenvalue weighted by molar-refractivity contribution is 0.0946. The van der Waals surface area contributed by atoms with Crippen LogP contribution in [-0.4, -0.2) is 70.3 Å². The Kier molecular flexibility index (Phi) is 5.28. The maximum Gasteiger partial charge on any atom is 0.270 e. The van der Waals surface area contributed by atoms with Crippen molar-refractivity contribution >= 4 is 11.7 Å². The van der Waals surface area contributed by atoms with E-state index in [2.05, 4.69) is 37.2 Å². The molecule has 1 fully saturated rings.